The first kappa shape index (κ1) is 13.0. The maximum Gasteiger partial charge on any atom is 0.188 e. The van der Waals surface area contributed by atoms with Crippen molar-refractivity contribution in [3.63, 3.8) is 0 Å². The van der Waals surface area contributed by atoms with Gasteiger partial charge < -0.3 is 11.1 Å². The molecule has 0 bridgehead atoms. The van der Waals surface area contributed by atoms with Gasteiger partial charge in [-0.1, -0.05) is 12.2 Å². The highest BCUT2D eigenvalue weighted by Gasteiger charge is 2.51. The van der Waals surface area contributed by atoms with E-state index >= 15 is 0 Å². The van der Waals surface area contributed by atoms with Crippen molar-refractivity contribution >= 4 is 15.8 Å². The van der Waals surface area contributed by atoms with Crippen molar-refractivity contribution in [1.29, 1.82) is 0 Å². The van der Waals surface area contributed by atoms with E-state index in [9.17, 15) is 8.42 Å². The summed E-state index contributed by atoms with van der Waals surface area (Å²) in [6.07, 6.45) is 2.62. The van der Waals surface area contributed by atoms with E-state index in [1.165, 1.54) is 6.26 Å². The summed E-state index contributed by atoms with van der Waals surface area (Å²) in [5.41, 5.74) is 6.55. The predicted octanol–water partition coefficient (Wildman–Crippen LogP) is 0.0440. The van der Waals surface area contributed by atoms with Crippen LogP contribution in [-0.2, 0) is 9.84 Å². The average Bonchev–Trinajstić information content (AvgIpc) is 2.91. The van der Waals surface area contributed by atoms with Crippen molar-refractivity contribution in [3.05, 3.63) is 12.2 Å². The number of aliphatic imine (C=N–C) groups is 1. The summed E-state index contributed by atoms with van der Waals surface area (Å²) >= 11 is 0. The SMILES string of the molecule is C=C(C)CNC(N)=NCC1(S(C)(=O)=O)CC1. The molecule has 0 atom stereocenters. The summed E-state index contributed by atoms with van der Waals surface area (Å²) in [6, 6.07) is 0. The molecule has 0 aromatic carbocycles. The van der Waals surface area contributed by atoms with Gasteiger partial charge in [0.05, 0.1) is 11.3 Å². The summed E-state index contributed by atoms with van der Waals surface area (Å²) in [4.78, 5) is 4.06. The second kappa shape index (κ2) is 4.45. The minimum atomic E-state index is -3.03. The molecule has 1 rings (SSSR count). The molecule has 16 heavy (non-hydrogen) atoms. The molecule has 0 radical (unpaired) electrons. The first-order valence-electron chi connectivity index (χ1n) is 5.15. The fourth-order valence-corrected chi connectivity index (χ4v) is 2.45. The van der Waals surface area contributed by atoms with E-state index in [1.807, 2.05) is 6.92 Å². The molecule has 6 heteroatoms. The number of sulfone groups is 1. The lowest BCUT2D eigenvalue weighted by Crippen LogP contribution is -2.35. The molecule has 0 saturated heterocycles. The third-order valence-corrected chi connectivity index (χ3v) is 4.81. The number of rotatable bonds is 5. The van der Waals surface area contributed by atoms with Gasteiger partial charge in [0.25, 0.3) is 0 Å². The zero-order chi connectivity index (χ0) is 12.4. The average molecular weight is 245 g/mol. The van der Waals surface area contributed by atoms with Gasteiger partial charge >= 0.3 is 0 Å². The Balaban J connectivity index is 2.51. The van der Waals surface area contributed by atoms with Crippen LogP contribution in [0.1, 0.15) is 19.8 Å². The summed E-state index contributed by atoms with van der Waals surface area (Å²) < 4.78 is 22.2. The van der Waals surface area contributed by atoms with Crippen LogP contribution in [0.25, 0.3) is 0 Å². The van der Waals surface area contributed by atoms with E-state index in [0.717, 1.165) is 5.57 Å². The van der Waals surface area contributed by atoms with Gasteiger partial charge in [0.15, 0.2) is 15.8 Å². The van der Waals surface area contributed by atoms with E-state index < -0.39 is 14.6 Å². The largest absolute Gasteiger partial charge is 0.370 e. The minimum absolute atomic E-state index is 0.251. The molecule has 0 aliphatic heterocycles. The zero-order valence-electron chi connectivity index (χ0n) is 9.78. The van der Waals surface area contributed by atoms with Gasteiger partial charge in [0.1, 0.15) is 0 Å². The van der Waals surface area contributed by atoms with Gasteiger partial charge in [-0.2, -0.15) is 0 Å². The molecule has 0 unspecified atom stereocenters. The second-order valence-corrected chi connectivity index (χ2v) is 6.88. The number of guanidine groups is 1. The quantitative estimate of drug-likeness (QED) is 0.407. The molecule has 0 aromatic rings. The highest BCUT2D eigenvalue weighted by Crippen LogP contribution is 2.43. The highest BCUT2D eigenvalue weighted by molar-refractivity contribution is 7.92. The highest BCUT2D eigenvalue weighted by atomic mass is 32.2. The molecule has 1 saturated carbocycles. The molecule has 0 aromatic heterocycles. The van der Waals surface area contributed by atoms with Crippen molar-refractivity contribution in [3.8, 4) is 0 Å². The molecule has 3 N–H and O–H groups in total. The van der Waals surface area contributed by atoms with Gasteiger partial charge in [0.2, 0.25) is 0 Å². The van der Waals surface area contributed by atoms with Crippen LogP contribution >= 0.6 is 0 Å². The third kappa shape index (κ3) is 3.23. The zero-order valence-corrected chi connectivity index (χ0v) is 10.6. The molecular weight excluding hydrogens is 226 g/mol. The Bertz CT molecular complexity index is 408. The summed E-state index contributed by atoms with van der Waals surface area (Å²) in [7, 11) is -3.03. The summed E-state index contributed by atoms with van der Waals surface area (Å²) in [5.74, 6) is 0.276. The van der Waals surface area contributed by atoms with Crippen LogP contribution < -0.4 is 11.1 Å². The molecule has 0 heterocycles. The Morgan fingerprint density at radius 1 is 1.56 bits per heavy atom. The molecule has 1 fully saturated rings. The van der Waals surface area contributed by atoms with E-state index in [4.69, 9.17) is 5.73 Å². The van der Waals surface area contributed by atoms with Crippen molar-refractivity contribution < 1.29 is 8.42 Å². The van der Waals surface area contributed by atoms with Crippen LogP contribution in [0.15, 0.2) is 17.1 Å². The predicted molar refractivity (Wildman–Crippen MR) is 66.1 cm³/mol. The van der Waals surface area contributed by atoms with Gasteiger partial charge in [-0.15, -0.1) is 0 Å². The maximum absolute atomic E-state index is 11.4. The lowest BCUT2D eigenvalue weighted by Gasteiger charge is -2.10. The van der Waals surface area contributed by atoms with Crippen molar-refractivity contribution in [1.82, 2.24) is 5.32 Å². The van der Waals surface area contributed by atoms with E-state index in [1.54, 1.807) is 0 Å². The molecule has 0 amide bonds. The number of hydrogen-bond acceptors (Lipinski definition) is 3. The van der Waals surface area contributed by atoms with Gasteiger partial charge in [-0.25, -0.2) is 8.42 Å². The van der Waals surface area contributed by atoms with E-state index in [0.29, 0.717) is 19.4 Å². The lowest BCUT2D eigenvalue weighted by molar-refractivity contribution is 0.583. The fourth-order valence-electron chi connectivity index (χ4n) is 1.31. The lowest BCUT2D eigenvalue weighted by atomic mass is 10.3. The van der Waals surface area contributed by atoms with E-state index in [2.05, 4.69) is 16.9 Å². The number of nitrogens with zero attached hydrogens (tertiary/aromatic N) is 1. The Kier molecular flexibility index (Phi) is 3.62. The summed E-state index contributed by atoms with van der Waals surface area (Å²) in [6.45, 7) is 6.40. The van der Waals surface area contributed by atoms with Crippen molar-refractivity contribution in [2.45, 2.75) is 24.5 Å². The van der Waals surface area contributed by atoms with Crippen molar-refractivity contribution in [2.75, 3.05) is 19.3 Å². The van der Waals surface area contributed by atoms with Crippen molar-refractivity contribution in [2.24, 2.45) is 10.7 Å². The monoisotopic (exact) mass is 245 g/mol. The molecule has 0 spiro atoms. The van der Waals surface area contributed by atoms with Crippen LogP contribution in [0.3, 0.4) is 0 Å². The van der Waals surface area contributed by atoms with Crippen LogP contribution in [0.4, 0.5) is 0 Å². The third-order valence-electron chi connectivity index (χ3n) is 2.70. The maximum atomic E-state index is 11.4. The molecular formula is C10H19N3O2S. The van der Waals surface area contributed by atoms with Crippen LogP contribution in [0, 0.1) is 0 Å². The first-order chi connectivity index (χ1) is 7.27. The second-order valence-electron chi connectivity index (χ2n) is 4.47. The van der Waals surface area contributed by atoms with Crippen LogP contribution in [0.5, 0.6) is 0 Å². The minimum Gasteiger partial charge on any atom is -0.370 e. The topological polar surface area (TPSA) is 84.5 Å². The number of nitrogens with two attached hydrogens (primary N) is 1. The van der Waals surface area contributed by atoms with E-state index in [-0.39, 0.29) is 12.5 Å². The Hall–Kier alpha value is -1.04. The van der Waals surface area contributed by atoms with Gasteiger partial charge in [0, 0.05) is 12.8 Å². The molecule has 1 aliphatic rings. The summed E-state index contributed by atoms with van der Waals surface area (Å²) in [5, 5.41) is 2.87. The fraction of sp³-hybridized carbons (Fsp3) is 0.700. The molecule has 92 valence electrons. The van der Waals surface area contributed by atoms with Gasteiger partial charge in [-0.05, 0) is 19.8 Å². The van der Waals surface area contributed by atoms with Crippen LogP contribution in [-0.4, -0.2) is 38.5 Å². The van der Waals surface area contributed by atoms with Gasteiger partial charge in [-0.3, -0.25) is 4.99 Å². The Morgan fingerprint density at radius 3 is 2.50 bits per heavy atom. The number of nitrogens with one attached hydrogen (secondary N) is 1. The molecule has 1 aliphatic carbocycles. The number of hydrogen-bond donors (Lipinski definition) is 2. The van der Waals surface area contributed by atoms with Crippen LogP contribution in [0.2, 0.25) is 0 Å². The normalized spacial score (nSPS) is 19.2. The Morgan fingerprint density at radius 2 is 2.12 bits per heavy atom. The first-order valence-corrected chi connectivity index (χ1v) is 7.04. The molecule has 5 nitrogen and oxygen atoms in total. The smallest absolute Gasteiger partial charge is 0.188 e. The Labute approximate surface area is 96.7 Å². The standard InChI is InChI=1S/C10H19N3O2S/c1-8(2)6-12-9(11)13-7-10(4-5-10)16(3,14)15/h1,4-7H2,2-3H3,(H3,11,12,13).